The van der Waals surface area contributed by atoms with E-state index >= 15 is 0 Å². The first-order chi connectivity index (χ1) is 16.4. The standard InChI is InChI=1S/C31H56O3/c1-5-7-14-27(15-8-6-2)33-28-20-16-25(17-21-28)31(3,4)26-18-22-29(23-19-26)34-30(32)24-12-10-9-11-13-24/h24-29H,5-23H2,1-4H3. The van der Waals surface area contributed by atoms with Crippen molar-refractivity contribution in [2.75, 3.05) is 0 Å². The van der Waals surface area contributed by atoms with Crippen LogP contribution in [0.15, 0.2) is 0 Å². The van der Waals surface area contributed by atoms with Gasteiger partial charge in [0.05, 0.1) is 18.1 Å². The molecule has 0 radical (unpaired) electrons. The van der Waals surface area contributed by atoms with Gasteiger partial charge in [0.2, 0.25) is 0 Å². The number of carbonyl (C=O) groups is 1. The minimum atomic E-state index is 0.108. The summed E-state index contributed by atoms with van der Waals surface area (Å²) in [6.45, 7) is 9.64. The minimum Gasteiger partial charge on any atom is -0.462 e. The zero-order valence-electron chi connectivity index (χ0n) is 23.1. The second kappa shape index (κ2) is 14.2. The average molecular weight is 477 g/mol. The van der Waals surface area contributed by atoms with Gasteiger partial charge in [-0.3, -0.25) is 4.79 Å². The van der Waals surface area contributed by atoms with Crippen molar-refractivity contribution in [1.82, 2.24) is 0 Å². The summed E-state index contributed by atoms with van der Waals surface area (Å²) in [6, 6.07) is 0. The normalized spacial score (nSPS) is 29.3. The molecule has 34 heavy (non-hydrogen) atoms. The topological polar surface area (TPSA) is 35.5 Å². The Morgan fingerprint density at radius 3 is 1.74 bits per heavy atom. The Morgan fingerprint density at radius 1 is 0.735 bits per heavy atom. The highest BCUT2D eigenvalue weighted by Crippen LogP contribution is 2.49. The molecule has 3 fully saturated rings. The van der Waals surface area contributed by atoms with E-state index in [1.54, 1.807) is 0 Å². The van der Waals surface area contributed by atoms with Crippen LogP contribution in [0.25, 0.3) is 0 Å². The molecule has 0 aromatic rings. The van der Waals surface area contributed by atoms with Gasteiger partial charge < -0.3 is 9.47 Å². The monoisotopic (exact) mass is 476 g/mol. The van der Waals surface area contributed by atoms with Crippen molar-refractivity contribution < 1.29 is 14.3 Å². The maximum absolute atomic E-state index is 12.6. The maximum atomic E-state index is 12.6. The fourth-order valence-corrected chi connectivity index (χ4v) is 7.22. The van der Waals surface area contributed by atoms with Crippen LogP contribution < -0.4 is 0 Å². The summed E-state index contributed by atoms with van der Waals surface area (Å²) in [6.07, 6.45) is 24.3. The third-order valence-electron chi connectivity index (χ3n) is 9.82. The molecule has 3 aliphatic rings. The molecule has 3 rings (SSSR count). The van der Waals surface area contributed by atoms with Crippen LogP contribution in [0.3, 0.4) is 0 Å². The molecule has 0 saturated heterocycles. The van der Waals surface area contributed by atoms with E-state index in [1.165, 1.54) is 96.3 Å². The van der Waals surface area contributed by atoms with E-state index in [2.05, 4.69) is 27.7 Å². The second-order valence-electron chi connectivity index (χ2n) is 12.6. The van der Waals surface area contributed by atoms with Gasteiger partial charge in [0.1, 0.15) is 6.10 Å². The van der Waals surface area contributed by atoms with Crippen LogP contribution in [-0.2, 0) is 14.3 Å². The molecule has 3 heteroatoms. The Bertz CT molecular complexity index is 555. The van der Waals surface area contributed by atoms with E-state index < -0.39 is 0 Å². The highest BCUT2D eigenvalue weighted by molar-refractivity contribution is 5.72. The zero-order valence-corrected chi connectivity index (χ0v) is 23.1. The summed E-state index contributed by atoms with van der Waals surface area (Å²) >= 11 is 0. The molecular formula is C31H56O3. The Morgan fingerprint density at radius 2 is 1.24 bits per heavy atom. The molecule has 0 bridgehead atoms. The van der Waals surface area contributed by atoms with Crippen molar-refractivity contribution in [3.05, 3.63) is 0 Å². The molecule has 0 spiro atoms. The van der Waals surface area contributed by atoms with Gasteiger partial charge >= 0.3 is 5.97 Å². The van der Waals surface area contributed by atoms with Gasteiger partial charge in [-0.05, 0) is 94.3 Å². The average Bonchev–Trinajstić information content (AvgIpc) is 2.87. The molecule has 0 N–H and O–H groups in total. The van der Waals surface area contributed by atoms with Crippen molar-refractivity contribution in [2.24, 2.45) is 23.2 Å². The van der Waals surface area contributed by atoms with Crippen LogP contribution in [0.2, 0.25) is 0 Å². The molecule has 0 atom stereocenters. The predicted octanol–water partition coefficient (Wildman–Crippen LogP) is 9.02. The van der Waals surface area contributed by atoms with Crippen molar-refractivity contribution >= 4 is 5.97 Å². The van der Waals surface area contributed by atoms with Crippen molar-refractivity contribution in [3.8, 4) is 0 Å². The van der Waals surface area contributed by atoms with E-state index in [0.29, 0.717) is 17.6 Å². The third kappa shape index (κ3) is 8.24. The van der Waals surface area contributed by atoms with Crippen LogP contribution in [-0.4, -0.2) is 24.3 Å². The number of rotatable bonds is 12. The Hall–Kier alpha value is -0.570. The van der Waals surface area contributed by atoms with E-state index in [-0.39, 0.29) is 18.0 Å². The van der Waals surface area contributed by atoms with E-state index in [1.807, 2.05) is 0 Å². The van der Waals surface area contributed by atoms with E-state index in [0.717, 1.165) is 37.5 Å². The van der Waals surface area contributed by atoms with Gasteiger partial charge in [-0.2, -0.15) is 0 Å². The molecule has 0 unspecified atom stereocenters. The largest absolute Gasteiger partial charge is 0.462 e. The highest BCUT2D eigenvalue weighted by Gasteiger charge is 2.41. The van der Waals surface area contributed by atoms with Crippen molar-refractivity contribution in [1.29, 1.82) is 0 Å². The molecule has 0 aliphatic heterocycles. The lowest BCUT2D eigenvalue weighted by Gasteiger charge is -2.47. The Kier molecular flexibility index (Phi) is 11.7. The number of ether oxygens (including phenoxy) is 2. The van der Waals surface area contributed by atoms with Gasteiger partial charge in [0.25, 0.3) is 0 Å². The summed E-state index contributed by atoms with van der Waals surface area (Å²) in [5.41, 5.74) is 0.382. The number of hydrogen-bond acceptors (Lipinski definition) is 3. The Balaban J connectivity index is 1.40. The number of unbranched alkanes of at least 4 members (excludes halogenated alkanes) is 2. The SMILES string of the molecule is CCCCC(CCCC)OC1CCC(C(C)(C)C2CCC(OC(=O)C3CCCCC3)CC2)CC1. The smallest absolute Gasteiger partial charge is 0.309 e. The van der Waals surface area contributed by atoms with Gasteiger partial charge in [-0.1, -0.05) is 72.6 Å². The molecule has 3 aliphatic carbocycles. The van der Waals surface area contributed by atoms with Crippen molar-refractivity contribution in [2.45, 2.75) is 168 Å². The first-order valence-corrected chi connectivity index (χ1v) is 15.3. The number of esters is 1. The quantitative estimate of drug-likeness (QED) is 0.264. The van der Waals surface area contributed by atoms with Gasteiger partial charge in [0, 0.05) is 0 Å². The fourth-order valence-electron chi connectivity index (χ4n) is 7.22. The predicted molar refractivity (Wildman–Crippen MR) is 142 cm³/mol. The van der Waals surface area contributed by atoms with Crippen LogP contribution in [0.1, 0.15) is 150 Å². The lowest BCUT2D eigenvalue weighted by atomic mass is 9.60. The summed E-state index contributed by atoms with van der Waals surface area (Å²) in [5.74, 6) is 1.87. The third-order valence-corrected chi connectivity index (χ3v) is 9.82. The van der Waals surface area contributed by atoms with Crippen LogP contribution >= 0.6 is 0 Å². The van der Waals surface area contributed by atoms with Gasteiger partial charge in [0.15, 0.2) is 0 Å². The van der Waals surface area contributed by atoms with E-state index in [4.69, 9.17) is 9.47 Å². The molecular weight excluding hydrogens is 420 g/mol. The van der Waals surface area contributed by atoms with Crippen molar-refractivity contribution in [3.63, 3.8) is 0 Å². The minimum absolute atomic E-state index is 0.108. The van der Waals surface area contributed by atoms with E-state index in [9.17, 15) is 4.79 Å². The van der Waals surface area contributed by atoms with Gasteiger partial charge in [-0.25, -0.2) is 0 Å². The number of hydrogen-bond donors (Lipinski definition) is 0. The summed E-state index contributed by atoms with van der Waals surface area (Å²) in [4.78, 5) is 12.6. The molecule has 3 nitrogen and oxygen atoms in total. The lowest BCUT2D eigenvalue weighted by molar-refractivity contribution is -0.157. The fraction of sp³-hybridized carbons (Fsp3) is 0.968. The highest BCUT2D eigenvalue weighted by atomic mass is 16.5. The van der Waals surface area contributed by atoms with Crippen LogP contribution in [0.4, 0.5) is 0 Å². The summed E-state index contributed by atoms with van der Waals surface area (Å²) in [7, 11) is 0. The molecule has 3 saturated carbocycles. The van der Waals surface area contributed by atoms with Gasteiger partial charge in [-0.15, -0.1) is 0 Å². The molecule has 0 aromatic heterocycles. The molecule has 0 aromatic carbocycles. The maximum Gasteiger partial charge on any atom is 0.309 e. The number of carbonyl (C=O) groups excluding carboxylic acids is 1. The molecule has 0 heterocycles. The summed E-state index contributed by atoms with van der Waals surface area (Å²) in [5, 5.41) is 0. The lowest BCUT2D eigenvalue weighted by Crippen LogP contribution is -2.40. The second-order valence-corrected chi connectivity index (χ2v) is 12.6. The molecule has 198 valence electrons. The first kappa shape index (κ1) is 28.0. The first-order valence-electron chi connectivity index (χ1n) is 15.3. The summed E-state index contributed by atoms with van der Waals surface area (Å²) < 4.78 is 12.6. The van der Waals surface area contributed by atoms with Crippen LogP contribution in [0.5, 0.6) is 0 Å². The molecule has 0 amide bonds. The zero-order chi connectivity index (χ0) is 24.4. The Labute approximate surface area is 211 Å². The van der Waals surface area contributed by atoms with Crippen LogP contribution in [0, 0.1) is 23.2 Å².